The zero-order valence-corrected chi connectivity index (χ0v) is 16.1. The Balaban J connectivity index is 2.18. The fourth-order valence-corrected chi connectivity index (χ4v) is 3.75. The lowest BCUT2D eigenvalue weighted by Crippen LogP contribution is -2.28. The number of anilines is 1. The fraction of sp³-hybridized carbons (Fsp3) is 0.474. The van der Waals surface area contributed by atoms with Crippen LogP contribution in [-0.4, -0.2) is 42.0 Å². The van der Waals surface area contributed by atoms with E-state index < -0.39 is 51.4 Å². The van der Waals surface area contributed by atoms with Gasteiger partial charge in [-0.05, 0) is 32.4 Å². The topological polar surface area (TPSA) is 83.8 Å². The molecule has 2 aromatic rings. The van der Waals surface area contributed by atoms with Crippen LogP contribution in [0.5, 0.6) is 5.75 Å². The number of hydrogen-bond donors (Lipinski definition) is 2. The molecule has 2 N–H and O–H groups in total. The van der Waals surface area contributed by atoms with Crippen molar-refractivity contribution in [2.24, 2.45) is 5.92 Å². The maximum absolute atomic E-state index is 15.4. The van der Waals surface area contributed by atoms with Gasteiger partial charge in [-0.25, -0.2) is 18.0 Å². The zero-order valence-electron chi connectivity index (χ0n) is 16.1. The number of halogens is 3. The molecular formula is C19H22F3N3O4. The van der Waals surface area contributed by atoms with E-state index in [-0.39, 0.29) is 12.5 Å². The molecule has 29 heavy (non-hydrogen) atoms. The van der Waals surface area contributed by atoms with Crippen molar-refractivity contribution in [2.45, 2.75) is 26.8 Å². The molecule has 0 bridgehead atoms. The Hall–Kier alpha value is -2.75. The molecule has 2 heterocycles. The molecule has 0 spiro atoms. The third kappa shape index (κ3) is 3.76. The van der Waals surface area contributed by atoms with Gasteiger partial charge in [0, 0.05) is 19.6 Å². The van der Waals surface area contributed by atoms with Crippen molar-refractivity contribution in [1.82, 2.24) is 9.88 Å². The molecule has 0 aliphatic carbocycles. The van der Waals surface area contributed by atoms with E-state index in [1.807, 2.05) is 6.92 Å². The summed E-state index contributed by atoms with van der Waals surface area (Å²) < 4.78 is 50.6. The number of ether oxygens (including phenoxy) is 1. The summed E-state index contributed by atoms with van der Waals surface area (Å²) in [5, 5.41) is 11.1. The Morgan fingerprint density at radius 2 is 2.00 bits per heavy atom. The molecule has 1 fully saturated rings. The van der Waals surface area contributed by atoms with E-state index in [2.05, 4.69) is 10.1 Å². The Kier molecular flexibility index (Phi) is 6.02. The highest BCUT2D eigenvalue weighted by atomic mass is 19.2. The Morgan fingerprint density at radius 3 is 2.62 bits per heavy atom. The minimum Gasteiger partial charge on any atom is -0.449 e. The molecule has 1 saturated heterocycles. The summed E-state index contributed by atoms with van der Waals surface area (Å²) in [6.07, 6.45) is -0.107. The lowest BCUT2D eigenvalue weighted by atomic mass is 10.1. The number of pyridine rings is 1. The number of aromatic nitrogens is 1. The Bertz CT molecular complexity index is 1010. The maximum atomic E-state index is 15.4. The van der Waals surface area contributed by atoms with Gasteiger partial charge in [0.1, 0.15) is 5.69 Å². The first kappa shape index (κ1) is 21.0. The molecule has 0 radical (unpaired) electrons. The van der Waals surface area contributed by atoms with E-state index in [4.69, 9.17) is 5.11 Å². The van der Waals surface area contributed by atoms with Gasteiger partial charge in [-0.1, -0.05) is 6.92 Å². The monoisotopic (exact) mass is 413 g/mol. The van der Waals surface area contributed by atoms with Gasteiger partial charge in [0.15, 0.2) is 23.2 Å². The number of nitrogens with one attached hydrogen (secondary N) is 1. The molecule has 1 aromatic carbocycles. The van der Waals surface area contributed by atoms with E-state index in [9.17, 15) is 18.4 Å². The summed E-state index contributed by atoms with van der Waals surface area (Å²) in [4.78, 5) is 24.7. The maximum Gasteiger partial charge on any atom is 0.511 e. The van der Waals surface area contributed by atoms with Crippen molar-refractivity contribution in [3.05, 3.63) is 33.9 Å². The highest BCUT2D eigenvalue weighted by molar-refractivity contribution is 5.86. The summed E-state index contributed by atoms with van der Waals surface area (Å²) >= 11 is 0. The van der Waals surface area contributed by atoms with Crippen molar-refractivity contribution in [1.29, 1.82) is 0 Å². The Morgan fingerprint density at radius 1 is 1.28 bits per heavy atom. The Labute approximate surface area is 164 Å². The summed E-state index contributed by atoms with van der Waals surface area (Å²) in [5.74, 6) is -4.60. The van der Waals surface area contributed by atoms with Gasteiger partial charge in [-0.15, -0.1) is 0 Å². The number of carbonyl (C=O) groups is 1. The first-order valence-corrected chi connectivity index (χ1v) is 9.40. The average Bonchev–Trinajstić information content (AvgIpc) is 3.14. The van der Waals surface area contributed by atoms with E-state index in [1.54, 1.807) is 6.92 Å². The molecule has 1 aliphatic rings. The number of aryl methyl sites for hydroxylation is 1. The van der Waals surface area contributed by atoms with Crippen LogP contribution in [-0.2, 0) is 6.54 Å². The minimum atomic E-state index is -1.79. The highest BCUT2D eigenvalue weighted by Crippen LogP contribution is 2.35. The number of carboxylic acid groups (broad SMARTS) is 1. The molecule has 3 rings (SSSR count). The van der Waals surface area contributed by atoms with E-state index in [1.165, 1.54) is 4.90 Å². The van der Waals surface area contributed by atoms with Crippen LogP contribution in [0.4, 0.5) is 23.7 Å². The molecule has 0 saturated carbocycles. The standard InChI is InChI=1S/C19H22F3N3O4/c1-3-23-7-10-5-6-25(8-10)17-14(21)13(20)12-16(15(17)22)24(4-2)9-11(18(12)26)29-19(27)28/h9-10,23H,3-8H2,1-2H3,(H,27,28). The second-order valence-electron chi connectivity index (χ2n) is 6.90. The van der Waals surface area contributed by atoms with E-state index >= 15 is 4.39 Å². The SMILES string of the molecule is CCNCC1CCN(c2c(F)c(F)c3c(=O)c(OC(=O)O)cn(CC)c3c2F)C1. The lowest BCUT2D eigenvalue weighted by molar-refractivity contribution is 0.143. The quantitative estimate of drug-likeness (QED) is 0.560. The van der Waals surface area contributed by atoms with Crippen LogP contribution in [0.3, 0.4) is 0 Å². The average molecular weight is 413 g/mol. The number of hydrogen-bond acceptors (Lipinski definition) is 5. The van der Waals surface area contributed by atoms with Crippen molar-refractivity contribution >= 4 is 22.7 Å². The third-order valence-electron chi connectivity index (χ3n) is 5.11. The van der Waals surface area contributed by atoms with Gasteiger partial charge < -0.3 is 24.6 Å². The van der Waals surface area contributed by atoms with Crippen molar-refractivity contribution in [2.75, 3.05) is 31.1 Å². The highest BCUT2D eigenvalue weighted by Gasteiger charge is 2.32. The van der Waals surface area contributed by atoms with Gasteiger partial charge >= 0.3 is 6.16 Å². The summed E-state index contributed by atoms with van der Waals surface area (Å²) in [6.45, 7) is 5.79. The molecule has 1 unspecified atom stereocenters. The predicted octanol–water partition coefficient (Wildman–Crippen LogP) is 2.93. The molecule has 0 amide bonds. The van der Waals surface area contributed by atoms with Crippen molar-refractivity contribution < 1.29 is 27.8 Å². The van der Waals surface area contributed by atoms with Gasteiger partial charge in [-0.3, -0.25) is 4.79 Å². The van der Waals surface area contributed by atoms with Gasteiger partial charge in [0.05, 0.1) is 17.1 Å². The van der Waals surface area contributed by atoms with Crippen molar-refractivity contribution in [3.63, 3.8) is 0 Å². The zero-order chi connectivity index (χ0) is 21.3. The molecule has 158 valence electrons. The molecule has 1 aliphatic heterocycles. The van der Waals surface area contributed by atoms with Gasteiger partial charge in [0.2, 0.25) is 5.43 Å². The molecule has 7 nitrogen and oxygen atoms in total. The molecule has 1 atom stereocenters. The van der Waals surface area contributed by atoms with Crippen molar-refractivity contribution in [3.8, 4) is 5.75 Å². The minimum absolute atomic E-state index is 0.0806. The second kappa shape index (κ2) is 8.32. The van der Waals surface area contributed by atoms with Crippen LogP contribution in [0.25, 0.3) is 10.9 Å². The molecule has 10 heteroatoms. The number of benzene rings is 1. The first-order valence-electron chi connectivity index (χ1n) is 9.40. The number of fused-ring (bicyclic) bond motifs is 1. The van der Waals surface area contributed by atoms with E-state index in [0.717, 1.165) is 17.3 Å². The number of rotatable bonds is 6. The van der Waals surface area contributed by atoms with Crippen LogP contribution in [0.2, 0.25) is 0 Å². The first-order chi connectivity index (χ1) is 13.8. The van der Waals surface area contributed by atoms with Crippen LogP contribution < -0.4 is 20.4 Å². The lowest BCUT2D eigenvalue weighted by Gasteiger charge is -2.23. The summed E-state index contributed by atoms with van der Waals surface area (Å²) in [7, 11) is 0. The van der Waals surface area contributed by atoms with Crippen LogP contribution in [0, 0.1) is 23.4 Å². The largest absolute Gasteiger partial charge is 0.511 e. The number of nitrogens with zero attached hydrogens (tertiary/aromatic N) is 2. The summed E-state index contributed by atoms with van der Waals surface area (Å²) in [6, 6.07) is 0. The predicted molar refractivity (Wildman–Crippen MR) is 101 cm³/mol. The fourth-order valence-electron chi connectivity index (χ4n) is 3.75. The van der Waals surface area contributed by atoms with Crippen LogP contribution in [0.1, 0.15) is 20.3 Å². The summed E-state index contributed by atoms with van der Waals surface area (Å²) in [5.41, 5.74) is -2.15. The van der Waals surface area contributed by atoms with E-state index in [0.29, 0.717) is 26.1 Å². The third-order valence-corrected chi connectivity index (χ3v) is 5.11. The smallest absolute Gasteiger partial charge is 0.449 e. The van der Waals surface area contributed by atoms with Gasteiger partial charge in [-0.2, -0.15) is 0 Å². The van der Waals surface area contributed by atoms with Crippen LogP contribution in [0.15, 0.2) is 11.0 Å². The van der Waals surface area contributed by atoms with Crippen LogP contribution >= 0.6 is 0 Å². The second-order valence-corrected chi connectivity index (χ2v) is 6.90. The van der Waals surface area contributed by atoms with Gasteiger partial charge in [0.25, 0.3) is 0 Å². The molecule has 1 aromatic heterocycles. The normalized spacial score (nSPS) is 16.6. The molecular weight excluding hydrogens is 391 g/mol.